The van der Waals surface area contributed by atoms with Crippen molar-refractivity contribution in [2.24, 2.45) is 0 Å². The number of pyridine rings is 2. The standard InChI is InChI=1S/C18H21N2Si.C16H15N2O/c1-19-12-20-16(21(2,3)4)11-10-14-9-8-13-6-5-7-15(19)17(13)18(14)20;1-17-10-18-14(19-2)9-8-12-7-6-11-4-3-5-13(17)15(11)16(12)18/h5-11H,12H2,1-4H3;3-9H,10H2,1-2H3/q2*+1. The second-order valence-corrected chi connectivity index (χ2v) is 17.1. The maximum Gasteiger partial charge on any atom is 0.369 e. The second-order valence-electron chi connectivity index (χ2n) is 12.1. The Bertz CT molecular complexity index is 1980. The molecule has 0 amide bonds. The highest BCUT2D eigenvalue weighted by Crippen LogP contribution is 2.35. The number of hydrogen-bond acceptors (Lipinski definition) is 3. The quantitative estimate of drug-likeness (QED) is 0.153. The van der Waals surface area contributed by atoms with Crippen LogP contribution in [-0.4, -0.2) is 29.3 Å². The molecule has 2 aliphatic heterocycles. The van der Waals surface area contributed by atoms with Crippen LogP contribution in [-0.2, 0) is 13.3 Å². The third-order valence-corrected chi connectivity index (χ3v) is 10.5. The van der Waals surface area contributed by atoms with Crippen molar-refractivity contribution in [2.75, 3.05) is 31.0 Å². The normalized spacial score (nSPS) is 13.9. The number of benzene rings is 4. The van der Waals surface area contributed by atoms with Crippen LogP contribution in [0.2, 0.25) is 19.6 Å². The number of anilines is 2. The number of nitrogens with zero attached hydrogens (tertiary/aromatic N) is 4. The lowest BCUT2D eigenvalue weighted by atomic mass is 10.0. The van der Waals surface area contributed by atoms with Crippen molar-refractivity contribution in [3.8, 4) is 5.88 Å². The molecule has 2 aliphatic rings. The molecule has 6 aromatic rings. The number of hydrogen-bond donors (Lipinski definition) is 0. The molecule has 0 saturated heterocycles. The first-order valence-corrected chi connectivity index (χ1v) is 17.5. The zero-order valence-corrected chi connectivity index (χ0v) is 25.2. The Balaban J connectivity index is 0.000000133. The van der Waals surface area contributed by atoms with Gasteiger partial charge in [-0.2, -0.15) is 4.57 Å². The second kappa shape index (κ2) is 8.93. The van der Waals surface area contributed by atoms with Crippen molar-refractivity contribution in [3.63, 3.8) is 0 Å². The molecule has 5 nitrogen and oxygen atoms in total. The monoisotopic (exact) mass is 544 g/mol. The van der Waals surface area contributed by atoms with E-state index in [1.165, 1.54) is 60.0 Å². The van der Waals surface area contributed by atoms with Crippen molar-refractivity contribution in [2.45, 2.75) is 33.0 Å². The molecular weight excluding hydrogens is 508 g/mol. The summed E-state index contributed by atoms with van der Waals surface area (Å²) in [6.07, 6.45) is 0. The highest BCUT2D eigenvalue weighted by molar-refractivity contribution is 6.87. The predicted molar refractivity (Wildman–Crippen MR) is 170 cm³/mol. The van der Waals surface area contributed by atoms with E-state index in [-0.39, 0.29) is 0 Å². The van der Waals surface area contributed by atoms with Gasteiger partial charge in [0.25, 0.3) is 0 Å². The smallest absolute Gasteiger partial charge is 0.369 e. The molecule has 4 heterocycles. The third-order valence-electron chi connectivity index (χ3n) is 8.48. The summed E-state index contributed by atoms with van der Waals surface area (Å²) in [4.78, 5) is 4.63. The summed E-state index contributed by atoms with van der Waals surface area (Å²) in [5, 5.41) is 9.48. The Kier molecular flexibility index (Phi) is 5.55. The molecule has 0 bridgehead atoms. The van der Waals surface area contributed by atoms with E-state index in [4.69, 9.17) is 4.74 Å². The molecular formula is C34H36N4OSi+2. The lowest BCUT2D eigenvalue weighted by molar-refractivity contribution is -0.675. The molecule has 200 valence electrons. The van der Waals surface area contributed by atoms with Gasteiger partial charge in [0.05, 0.1) is 35.3 Å². The number of aromatic nitrogens is 2. The highest BCUT2D eigenvalue weighted by Gasteiger charge is 2.33. The van der Waals surface area contributed by atoms with E-state index in [0.717, 1.165) is 19.2 Å². The van der Waals surface area contributed by atoms with Gasteiger partial charge in [0.1, 0.15) is 0 Å². The first-order chi connectivity index (χ1) is 19.3. The zero-order valence-electron chi connectivity index (χ0n) is 24.2. The van der Waals surface area contributed by atoms with Crippen molar-refractivity contribution in [1.29, 1.82) is 0 Å². The van der Waals surface area contributed by atoms with E-state index in [9.17, 15) is 0 Å². The van der Waals surface area contributed by atoms with Crippen LogP contribution in [0.1, 0.15) is 0 Å². The van der Waals surface area contributed by atoms with Gasteiger partial charge in [0.2, 0.25) is 24.4 Å². The minimum absolute atomic E-state index is 0.816. The van der Waals surface area contributed by atoms with Gasteiger partial charge in [0.15, 0.2) is 13.4 Å². The summed E-state index contributed by atoms with van der Waals surface area (Å²) >= 11 is 0. The van der Waals surface area contributed by atoms with Gasteiger partial charge in [-0.15, -0.1) is 4.57 Å². The zero-order chi connectivity index (χ0) is 27.8. The lowest BCUT2D eigenvalue weighted by Gasteiger charge is -2.27. The topological polar surface area (TPSA) is 23.5 Å². The Hall–Kier alpha value is -4.16. The molecule has 0 spiro atoms. The highest BCUT2D eigenvalue weighted by atomic mass is 28.3. The Morgan fingerprint density at radius 2 is 1.07 bits per heavy atom. The Labute approximate surface area is 236 Å². The van der Waals surface area contributed by atoms with Crippen LogP contribution < -0.4 is 29.0 Å². The third kappa shape index (κ3) is 3.66. The van der Waals surface area contributed by atoms with Crippen LogP contribution in [0.5, 0.6) is 5.88 Å². The van der Waals surface area contributed by atoms with Gasteiger partial charge in [-0.1, -0.05) is 56.0 Å². The SMILES string of the molecule is CN1C[n+]2c([Si](C)(C)C)ccc3ccc4cccc1c4c32.COc1ccc2ccc3cccc4c3c2[n+]1CN4C. The molecule has 0 aliphatic carbocycles. The van der Waals surface area contributed by atoms with E-state index in [0.29, 0.717) is 0 Å². The lowest BCUT2D eigenvalue weighted by Crippen LogP contribution is -2.64. The van der Waals surface area contributed by atoms with Crippen molar-refractivity contribution < 1.29 is 13.9 Å². The summed E-state index contributed by atoms with van der Waals surface area (Å²) < 4.78 is 10.3. The minimum atomic E-state index is -1.37. The molecule has 4 aromatic carbocycles. The summed E-state index contributed by atoms with van der Waals surface area (Å²) in [5.74, 6) is 0.904. The van der Waals surface area contributed by atoms with E-state index < -0.39 is 8.07 Å². The van der Waals surface area contributed by atoms with E-state index in [1.54, 1.807) is 7.11 Å². The fourth-order valence-corrected chi connectivity index (χ4v) is 8.21. The molecule has 0 unspecified atom stereocenters. The van der Waals surface area contributed by atoms with Crippen LogP contribution >= 0.6 is 0 Å². The van der Waals surface area contributed by atoms with Crippen LogP contribution in [0.15, 0.2) is 84.9 Å². The number of rotatable bonds is 2. The maximum atomic E-state index is 5.51. The fraction of sp³-hybridized carbons (Fsp3) is 0.235. The minimum Gasteiger partial charge on any atom is -0.448 e. The van der Waals surface area contributed by atoms with E-state index >= 15 is 0 Å². The largest absolute Gasteiger partial charge is 0.448 e. The molecule has 40 heavy (non-hydrogen) atoms. The summed E-state index contributed by atoms with van der Waals surface area (Å²) in [6, 6.07) is 30.8. The van der Waals surface area contributed by atoms with Crippen molar-refractivity contribution >= 4 is 68.1 Å². The average molecular weight is 545 g/mol. The first kappa shape index (κ1) is 24.8. The number of methoxy groups -OCH3 is 1. The summed E-state index contributed by atoms with van der Waals surface area (Å²) in [7, 11) is 4.68. The Morgan fingerprint density at radius 1 is 0.600 bits per heavy atom. The van der Waals surface area contributed by atoms with Gasteiger partial charge in [-0.05, 0) is 53.2 Å². The van der Waals surface area contributed by atoms with Crippen LogP contribution in [0.3, 0.4) is 0 Å². The van der Waals surface area contributed by atoms with Crippen molar-refractivity contribution in [3.05, 3.63) is 84.9 Å². The molecule has 0 atom stereocenters. The molecule has 6 heteroatoms. The van der Waals surface area contributed by atoms with E-state index in [2.05, 4.69) is 132 Å². The molecule has 2 aromatic heterocycles. The van der Waals surface area contributed by atoms with Gasteiger partial charge in [-0.3, -0.25) is 0 Å². The Morgan fingerprint density at radius 3 is 1.62 bits per heavy atom. The van der Waals surface area contributed by atoms with Gasteiger partial charge >= 0.3 is 5.88 Å². The van der Waals surface area contributed by atoms with Crippen LogP contribution in [0.4, 0.5) is 11.4 Å². The fourth-order valence-electron chi connectivity index (χ4n) is 6.64. The van der Waals surface area contributed by atoms with Crippen LogP contribution in [0, 0.1) is 0 Å². The average Bonchev–Trinajstić information content (AvgIpc) is 2.95. The molecule has 0 radical (unpaired) electrons. The summed E-state index contributed by atoms with van der Waals surface area (Å²) in [5.41, 5.74) is 5.33. The van der Waals surface area contributed by atoms with Crippen molar-refractivity contribution in [1.82, 2.24) is 0 Å². The van der Waals surface area contributed by atoms with Gasteiger partial charge in [0, 0.05) is 24.9 Å². The van der Waals surface area contributed by atoms with Crippen LogP contribution in [0.25, 0.3) is 43.4 Å². The summed E-state index contributed by atoms with van der Waals surface area (Å²) in [6.45, 7) is 9.05. The molecule has 8 rings (SSSR count). The van der Waals surface area contributed by atoms with E-state index in [1.807, 2.05) is 6.07 Å². The van der Waals surface area contributed by atoms with Gasteiger partial charge < -0.3 is 14.5 Å². The molecule has 0 N–H and O–H groups in total. The first-order valence-electron chi connectivity index (χ1n) is 14.0. The van der Waals surface area contributed by atoms with Gasteiger partial charge in [-0.25, -0.2) is 0 Å². The maximum absolute atomic E-state index is 5.51. The predicted octanol–water partition coefficient (Wildman–Crippen LogP) is 5.93. The number of ether oxygens (including phenoxy) is 1. The molecule has 0 fully saturated rings. The molecule has 0 saturated carbocycles.